The second-order valence-electron chi connectivity index (χ2n) is 7.66. The summed E-state index contributed by atoms with van der Waals surface area (Å²) in [6.45, 7) is 2.67. The van der Waals surface area contributed by atoms with Gasteiger partial charge in [0.2, 0.25) is 5.13 Å². The van der Waals surface area contributed by atoms with E-state index in [4.69, 9.17) is 9.47 Å². The lowest BCUT2D eigenvalue weighted by Gasteiger charge is -2.22. The average molecular weight is 472 g/mol. The van der Waals surface area contributed by atoms with Crippen molar-refractivity contribution in [3.8, 4) is 11.5 Å². The molecule has 1 N–H and O–H groups in total. The largest absolute Gasteiger partial charge is 0.497 e. The van der Waals surface area contributed by atoms with E-state index in [1.165, 1.54) is 23.7 Å². The van der Waals surface area contributed by atoms with Gasteiger partial charge in [-0.3, -0.25) is 0 Å². The lowest BCUT2D eigenvalue weighted by atomic mass is 10.1. The van der Waals surface area contributed by atoms with Crippen LogP contribution < -0.4 is 19.7 Å². The molecular weight excluding hydrogens is 445 g/mol. The Balaban J connectivity index is 1.35. The number of carbonyl (C=O) groups excluding carboxylic acids is 1. The number of nitrogens with one attached hydrogen (secondary N) is 1. The van der Waals surface area contributed by atoms with Crippen LogP contribution in [0.1, 0.15) is 17.8 Å². The molecule has 0 spiro atoms. The summed E-state index contributed by atoms with van der Waals surface area (Å²) in [4.78, 5) is 21.5. The topological polar surface area (TPSA) is 79.8 Å². The highest BCUT2D eigenvalue weighted by molar-refractivity contribution is 7.09. The van der Waals surface area contributed by atoms with Gasteiger partial charge < -0.3 is 24.6 Å². The molecule has 0 saturated carbocycles. The number of halogens is 1. The Kier molecular flexibility index (Phi) is 7.23. The summed E-state index contributed by atoms with van der Waals surface area (Å²) in [7, 11) is 3.14. The van der Waals surface area contributed by atoms with Crippen molar-refractivity contribution < 1.29 is 18.7 Å². The molecule has 2 aromatic carbocycles. The third kappa shape index (κ3) is 5.89. The minimum atomic E-state index is -0.255. The van der Waals surface area contributed by atoms with Gasteiger partial charge in [-0.1, -0.05) is 12.1 Å². The number of carbonyl (C=O) groups is 1. The smallest absolute Gasteiger partial charge is 0.321 e. The van der Waals surface area contributed by atoms with E-state index in [1.54, 1.807) is 49.5 Å². The fraction of sp³-hybridized carbons (Fsp3) is 0.348. The number of rotatable bonds is 6. The molecule has 0 aliphatic carbocycles. The monoisotopic (exact) mass is 471 g/mol. The lowest BCUT2D eigenvalue weighted by molar-refractivity contribution is 0.215. The first-order chi connectivity index (χ1) is 16.0. The van der Waals surface area contributed by atoms with Crippen molar-refractivity contribution >= 4 is 28.4 Å². The molecule has 174 valence electrons. The van der Waals surface area contributed by atoms with Crippen molar-refractivity contribution in [3.05, 3.63) is 59.7 Å². The second-order valence-corrected chi connectivity index (χ2v) is 8.39. The van der Waals surface area contributed by atoms with Gasteiger partial charge in [-0.25, -0.2) is 14.2 Å². The van der Waals surface area contributed by atoms with Crippen LogP contribution in [0.3, 0.4) is 0 Å². The Bertz CT molecular complexity index is 1070. The van der Waals surface area contributed by atoms with Gasteiger partial charge in [0.05, 0.1) is 14.2 Å². The number of methoxy groups -OCH3 is 2. The van der Waals surface area contributed by atoms with Crippen molar-refractivity contribution in [1.82, 2.24) is 14.3 Å². The molecule has 33 heavy (non-hydrogen) atoms. The number of amides is 2. The third-order valence-corrected chi connectivity index (χ3v) is 6.20. The summed E-state index contributed by atoms with van der Waals surface area (Å²) in [5.74, 6) is 1.68. The van der Waals surface area contributed by atoms with E-state index in [9.17, 15) is 9.18 Å². The SMILES string of the molecule is COc1cc(NC(=O)N2CCCN(c3nc(Cc4ccc(F)cc4)ns3)CC2)cc(OC)c1. The van der Waals surface area contributed by atoms with Crippen molar-refractivity contribution in [1.29, 1.82) is 0 Å². The summed E-state index contributed by atoms with van der Waals surface area (Å²) in [5, 5.41) is 3.77. The summed E-state index contributed by atoms with van der Waals surface area (Å²) >= 11 is 1.35. The number of ether oxygens (including phenoxy) is 2. The number of hydrogen-bond donors (Lipinski definition) is 1. The number of urea groups is 1. The van der Waals surface area contributed by atoms with Crippen molar-refractivity contribution in [3.63, 3.8) is 0 Å². The average Bonchev–Trinajstić information content (AvgIpc) is 3.14. The summed E-state index contributed by atoms with van der Waals surface area (Å²) in [6, 6.07) is 11.5. The number of benzene rings is 2. The summed E-state index contributed by atoms with van der Waals surface area (Å²) < 4.78 is 28.1. The van der Waals surface area contributed by atoms with E-state index >= 15 is 0 Å². The van der Waals surface area contributed by atoms with Gasteiger partial charge in [-0.15, -0.1) is 0 Å². The quantitative estimate of drug-likeness (QED) is 0.585. The normalized spacial score (nSPS) is 14.0. The van der Waals surface area contributed by atoms with Gasteiger partial charge in [-0.2, -0.15) is 4.37 Å². The molecule has 1 aliphatic rings. The molecule has 4 rings (SSSR count). The fourth-order valence-electron chi connectivity index (χ4n) is 3.62. The highest BCUT2D eigenvalue weighted by atomic mass is 32.1. The minimum Gasteiger partial charge on any atom is -0.497 e. The Morgan fingerprint density at radius 3 is 2.48 bits per heavy atom. The van der Waals surface area contributed by atoms with Gasteiger partial charge in [0, 0.05) is 68.0 Å². The number of aromatic nitrogens is 2. The maximum atomic E-state index is 13.1. The van der Waals surface area contributed by atoms with Gasteiger partial charge in [0.25, 0.3) is 0 Å². The Morgan fingerprint density at radius 1 is 1.06 bits per heavy atom. The molecule has 0 radical (unpaired) electrons. The van der Waals surface area contributed by atoms with E-state index < -0.39 is 0 Å². The first-order valence-corrected chi connectivity index (χ1v) is 11.4. The summed E-state index contributed by atoms with van der Waals surface area (Å²) in [5.41, 5.74) is 1.58. The zero-order chi connectivity index (χ0) is 23.2. The first kappa shape index (κ1) is 22.8. The van der Waals surface area contributed by atoms with E-state index in [-0.39, 0.29) is 11.8 Å². The van der Waals surface area contributed by atoms with Gasteiger partial charge in [-0.05, 0) is 24.1 Å². The molecule has 3 aromatic rings. The molecule has 10 heteroatoms. The molecule has 0 bridgehead atoms. The highest BCUT2D eigenvalue weighted by Gasteiger charge is 2.22. The van der Waals surface area contributed by atoms with Gasteiger partial charge in [0.1, 0.15) is 23.1 Å². The van der Waals surface area contributed by atoms with Crippen LogP contribution in [-0.4, -0.2) is 60.7 Å². The molecule has 1 fully saturated rings. The van der Waals surface area contributed by atoms with E-state index in [1.807, 2.05) is 0 Å². The van der Waals surface area contributed by atoms with Crippen LogP contribution in [0.15, 0.2) is 42.5 Å². The molecule has 2 amide bonds. The standard InChI is InChI=1S/C23H26FN5O3S/c1-31-19-13-18(14-20(15-19)32-2)25-22(30)28-8-3-9-29(11-10-28)23-26-21(27-33-23)12-16-4-6-17(24)7-5-16/h4-7,13-15H,3,8-12H2,1-2H3,(H,25,30). The molecule has 1 aromatic heterocycles. The maximum absolute atomic E-state index is 13.1. The van der Waals surface area contributed by atoms with Gasteiger partial charge in [0.15, 0.2) is 0 Å². The van der Waals surface area contributed by atoms with Crippen LogP contribution in [0.4, 0.5) is 20.0 Å². The Morgan fingerprint density at radius 2 is 1.79 bits per heavy atom. The molecule has 2 heterocycles. The van der Waals surface area contributed by atoms with Crippen molar-refractivity contribution in [2.75, 3.05) is 50.6 Å². The van der Waals surface area contributed by atoms with Crippen LogP contribution in [0.2, 0.25) is 0 Å². The zero-order valence-electron chi connectivity index (χ0n) is 18.6. The predicted molar refractivity (Wildman–Crippen MR) is 126 cm³/mol. The van der Waals surface area contributed by atoms with E-state index in [0.717, 1.165) is 23.7 Å². The number of hydrogen-bond acceptors (Lipinski definition) is 7. The maximum Gasteiger partial charge on any atom is 0.321 e. The van der Waals surface area contributed by atoms with Crippen LogP contribution in [0.5, 0.6) is 11.5 Å². The Hall–Kier alpha value is -3.40. The van der Waals surface area contributed by atoms with E-state index in [2.05, 4.69) is 19.6 Å². The fourth-order valence-corrected chi connectivity index (χ4v) is 4.36. The minimum absolute atomic E-state index is 0.165. The molecule has 1 aliphatic heterocycles. The van der Waals surface area contributed by atoms with Crippen LogP contribution in [0.25, 0.3) is 0 Å². The van der Waals surface area contributed by atoms with E-state index in [0.29, 0.717) is 49.1 Å². The zero-order valence-corrected chi connectivity index (χ0v) is 19.4. The third-order valence-electron chi connectivity index (χ3n) is 5.39. The first-order valence-electron chi connectivity index (χ1n) is 10.6. The molecule has 1 saturated heterocycles. The van der Waals surface area contributed by atoms with Crippen molar-refractivity contribution in [2.24, 2.45) is 0 Å². The van der Waals surface area contributed by atoms with Crippen LogP contribution in [0, 0.1) is 5.82 Å². The lowest BCUT2D eigenvalue weighted by Crippen LogP contribution is -2.38. The Labute approximate surface area is 196 Å². The highest BCUT2D eigenvalue weighted by Crippen LogP contribution is 2.26. The number of anilines is 2. The number of nitrogens with zero attached hydrogens (tertiary/aromatic N) is 4. The molecule has 0 unspecified atom stereocenters. The van der Waals surface area contributed by atoms with Crippen LogP contribution in [-0.2, 0) is 6.42 Å². The predicted octanol–water partition coefficient (Wildman–Crippen LogP) is 4.03. The molecule has 0 atom stereocenters. The molecule has 8 nitrogen and oxygen atoms in total. The molecular formula is C23H26FN5O3S. The summed E-state index contributed by atoms with van der Waals surface area (Å²) in [6.07, 6.45) is 1.38. The second kappa shape index (κ2) is 10.5. The van der Waals surface area contributed by atoms with Crippen LogP contribution >= 0.6 is 11.5 Å². The van der Waals surface area contributed by atoms with Crippen molar-refractivity contribution in [2.45, 2.75) is 12.8 Å². The van der Waals surface area contributed by atoms with Gasteiger partial charge >= 0.3 is 6.03 Å².